The first-order valence-electron chi connectivity index (χ1n) is 11.0. The Labute approximate surface area is 184 Å². The number of hydrogen-bond acceptors (Lipinski definition) is 4. The van der Waals surface area contributed by atoms with Crippen molar-refractivity contribution in [2.75, 3.05) is 23.7 Å². The van der Waals surface area contributed by atoms with E-state index in [4.69, 9.17) is 0 Å². The Hall–Kier alpha value is -2.00. The highest BCUT2D eigenvalue weighted by Crippen LogP contribution is 2.31. The lowest BCUT2D eigenvalue weighted by atomic mass is 9.92. The average molecular weight is 454 g/mol. The number of anilines is 1. The van der Waals surface area contributed by atoms with Crippen LogP contribution < -0.4 is 10.2 Å². The minimum Gasteiger partial charge on any atom is -0.351 e. The summed E-state index contributed by atoms with van der Waals surface area (Å²) in [4.78, 5) is 28.0. The molecule has 1 aliphatic heterocycles. The van der Waals surface area contributed by atoms with E-state index >= 15 is 0 Å². The Bertz CT molecular complexity index is 898. The smallest absolute Gasteiger partial charge is 0.247 e. The molecule has 31 heavy (non-hydrogen) atoms. The second-order valence-corrected chi connectivity index (χ2v) is 10.9. The quantitative estimate of drug-likeness (QED) is 0.743. The van der Waals surface area contributed by atoms with Gasteiger partial charge in [0.1, 0.15) is 11.4 Å². The minimum atomic E-state index is -3.67. The number of benzene rings is 1. The van der Waals surface area contributed by atoms with E-state index in [9.17, 15) is 22.4 Å². The number of hydrogen-bond donors (Lipinski definition) is 1. The summed E-state index contributed by atoms with van der Waals surface area (Å²) in [6.45, 7) is 2.60. The van der Waals surface area contributed by atoms with Crippen LogP contribution in [0.1, 0.15) is 58.8 Å². The van der Waals surface area contributed by atoms with Gasteiger partial charge in [-0.25, -0.2) is 12.8 Å². The maximum atomic E-state index is 13.5. The van der Waals surface area contributed by atoms with Gasteiger partial charge < -0.3 is 5.32 Å². The van der Waals surface area contributed by atoms with E-state index in [-0.39, 0.29) is 30.8 Å². The number of carbonyl (C=O) groups excluding carboxylic acids is 2. The van der Waals surface area contributed by atoms with Crippen molar-refractivity contribution in [2.24, 2.45) is 0 Å². The maximum Gasteiger partial charge on any atom is 0.247 e. The van der Waals surface area contributed by atoms with Gasteiger partial charge in [-0.3, -0.25) is 14.5 Å². The first-order valence-corrected chi connectivity index (χ1v) is 12.7. The largest absolute Gasteiger partial charge is 0.351 e. The number of nitrogens with one attached hydrogen (secondary N) is 1. The van der Waals surface area contributed by atoms with E-state index in [0.717, 1.165) is 42.8 Å². The maximum absolute atomic E-state index is 13.5. The first-order chi connectivity index (χ1) is 14.7. The van der Waals surface area contributed by atoms with Crippen molar-refractivity contribution in [2.45, 2.75) is 70.4 Å². The van der Waals surface area contributed by atoms with Crippen molar-refractivity contribution in [1.82, 2.24) is 9.62 Å². The fraction of sp³-hybridized carbons (Fsp3) is 0.636. The van der Waals surface area contributed by atoms with Gasteiger partial charge >= 0.3 is 0 Å². The zero-order valence-electron chi connectivity index (χ0n) is 18.3. The lowest BCUT2D eigenvalue weighted by Crippen LogP contribution is -2.71. The molecule has 3 rings (SSSR count). The zero-order chi connectivity index (χ0) is 22.6. The van der Waals surface area contributed by atoms with Gasteiger partial charge in [-0.1, -0.05) is 32.1 Å². The van der Waals surface area contributed by atoms with Crippen molar-refractivity contribution in [3.05, 3.63) is 30.1 Å². The third-order valence-corrected chi connectivity index (χ3v) is 8.09. The van der Waals surface area contributed by atoms with E-state index in [2.05, 4.69) is 5.32 Å². The molecule has 0 aromatic heterocycles. The Morgan fingerprint density at radius 2 is 1.71 bits per heavy atom. The summed E-state index contributed by atoms with van der Waals surface area (Å²) in [5, 5.41) is 3.09. The van der Waals surface area contributed by atoms with Crippen LogP contribution in [0.4, 0.5) is 10.1 Å². The highest BCUT2D eigenvalue weighted by molar-refractivity contribution is 7.89. The first kappa shape index (κ1) is 23.7. The van der Waals surface area contributed by atoms with Gasteiger partial charge in [0.25, 0.3) is 0 Å². The molecule has 1 aromatic rings. The molecule has 1 unspecified atom stereocenters. The number of carbonyl (C=O) groups is 2. The molecule has 172 valence electrons. The van der Waals surface area contributed by atoms with Crippen LogP contribution in [0.25, 0.3) is 0 Å². The summed E-state index contributed by atoms with van der Waals surface area (Å²) in [6, 6.07) is 5.33. The summed E-state index contributed by atoms with van der Waals surface area (Å²) in [5.74, 6) is -1.50. The molecule has 1 N–H and O–H groups in total. The van der Waals surface area contributed by atoms with Gasteiger partial charge in [0.15, 0.2) is 0 Å². The number of amides is 2. The molecule has 1 atom stereocenters. The monoisotopic (exact) mass is 453 g/mol. The Balaban J connectivity index is 1.94. The number of piperazine rings is 1. The molecule has 0 bridgehead atoms. The fourth-order valence-corrected chi connectivity index (χ4v) is 5.60. The lowest BCUT2D eigenvalue weighted by molar-refractivity contribution is -0.133. The molecule has 1 saturated carbocycles. The molecule has 0 radical (unpaired) electrons. The van der Waals surface area contributed by atoms with Crippen LogP contribution in [0, 0.1) is 5.82 Å². The lowest BCUT2D eigenvalue weighted by Gasteiger charge is -2.47. The molecule has 2 fully saturated rings. The molecule has 1 aliphatic carbocycles. The van der Waals surface area contributed by atoms with E-state index in [1.807, 2.05) is 0 Å². The second kappa shape index (κ2) is 9.65. The van der Waals surface area contributed by atoms with Crippen molar-refractivity contribution in [3.63, 3.8) is 0 Å². The van der Waals surface area contributed by atoms with Gasteiger partial charge in [0, 0.05) is 18.3 Å². The predicted octanol–water partition coefficient (Wildman–Crippen LogP) is 2.81. The van der Waals surface area contributed by atoms with Crippen LogP contribution in [0.3, 0.4) is 0 Å². The number of halogens is 1. The van der Waals surface area contributed by atoms with Crippen LogP contribution >= 0.6 is 0 Å². The Morgan fingerprint density at radius 1 is 1.13 bits per heavy atom. The highest BCUT2D eigenvalue weighted by Gasteiger charge is 2.50. The van der Waals surface area contributed by atoms with Crippen LogP contribution in [0.5, 0.6) is 0 Å². The van der Waals surface area contributed by atoms with Crippen LogP contribution in [-0.2, 0) is 19.6 Å². The number of rotatable bonds is 5. The summed E-state index contributed by atoms with van der Waals surface area (Å²) < 4.78 is 39.7. The van der Waals surface area contributed by atoms with Crippen LogP contribution in [-0.4, -0.2) is 55.0 Å². The molecule has 2 aliphatic rings. The van der Waals surface area contributed by atoms with Crippen molar-refractivity contribution in [1.29, 1.82) is 0 Å². The highest BCUT2D eigenvalue weighted by atomic mass is 32.2. The average Bonchev–Trinajstić information content (AvgIpc) is 2.70. The van der Waals surface area contributed by atoms with Crippen molar-refractivity contribution >= 4 is 27.5 Å². The third kappa shape index (κ3) is 5.26. The molecule has 1 heterocycles. The second-order valence-electron chi connectivity index (χ2n) is 8.66. The number of nitrogens with zero attached hydrogens (tertiary/aromatic N) is 2. The zero-order valence-corrected chi connectivity index (χ0v) is 19.1. The molecule has 1 saturated heterocycles. The summed E-state index contributed by atoms with van der Waals surface area (Å²) in [6.07, 6.45) is 7.25. The summed E-state index contributed by atoms with van der Waals surface area (Å²) in [7, 11) is -3.67. The topological polar surface area (TPSA) is 86.8 Å². The van der Waals surface area contributed by atoms with Crippen LogP contribution in [0.15, 0.2) is 24.3 Å². The minimum absolute atomic E-state index is 0.00652. The van der Waals surface area contributed by atoms with Gasteiger partial charge in [-0.15, -0.1) is 0 Å². The standard InChI is InChI=1S/C22H32FN3O4S/c1-3-31(29,30)25-15-20(27)26(19-13-11-17(23)12-14-19)22(2,16-25)21(28)24-18-9-7-5-4-6-8-10-18/h11-14,18H,3-10,15-16H2,1-2H3,(H,24,28). The Kier molecular flexibility index (Phi) is 7.36. The summed E-state index contributed by atoms with van der Waals surface area (Å²) in [5.41, 5.74) is -1.08. The molecular formula is C22H32FN3O4S. The van der Waals surface area contributed by atoms with Crippen molar-refractivity contribution in [3.8, 4) is 0 Å². The van der Waals surface area contributed by atoms with E-state index in [1.165, 1.54) is 42.5 Å². The SMILES string of the molecule is CCS(=O)(=O)N1CC(=O)N(c2ccc(F)cc2)C(C)(C(=O)NC2CCCCCCC2)C1. The van der Waals surface area contributed by atoms with E-state index in [1.54, 1.807) is 6.92 Å². The molecular weight excluding hydrogens is 421 g/mol. The van der Waals surface area contributed by atoms with E-state index < -0.39 is 27.3 Å². The summed E-state index contributed by atoms with van der Waals surface area (Å²) >= 11 is 0. The van der Waals surface area contributed by atoms with Crippen molar-refractivity contribution < 1.29 is 22.4 Å². The third-order valence-electron chi connectivity index (χ3n) is 6.31. The molecule has 7 nitrogen and oxygen atoms in total. The molecule has 9 heteroatoms. The fourth-order valence-electron chi connectivity index (χ4n) is 4.48. The number of sulfonamides is 1. The molecule has 1 aromatic carbocycles. The van der Waals surface area contributed by atoms with E-state index in [0.29, 0.717) is 5.69 Å². The van der Waals surface area contributed by atoms with Gasteiger partial charge in [-0.2, -0.15) is 4.31 Å². The van der Waals surface area contributed by atoms with Gasteiger partial charge in [-0.05, 0) is 51.0 Å². The van der Waals surface area contributed by atoms with Gasteiger partial charge in [0.2, 0.25) is 21.8 Å². The molecule has 2 amide bonds. The predicted molar refractivity (Wildman–Crippen MR) is 118 cm³/mol. The molecule has 0 spiro atoms. The van der Waals surface area contributed by atoms with Crippen LogP contribution in [0.2, 0.25) is 0 Å². The Morgan fingerprint density at radius 3 is 2.29 bits per heavy atom. The van der Waals surface area contributed by atoms with Gasteiger partial charge in [0.05, 0.1) is 12.3 Å². The normalized spacial score (nSPS) is 24.5.